The predicted octanol–water partition coefficient (Wildman–Crippen LogP) is 1.15. The molecule has 1 unspecified atom stereocenters. The fourth-order valence-corrected chi connectivity index (χ4v) is 1.69. The molecule has 0 saturated heterocycles. The topological polar surface area (TPSA) is 41.1 Å². The van der Waals surface area contributed by atoms with Crippen molar-refractivity contribution in [3.63, 3.8) is 0 Å². The van der Waals surface area contributed by atoms with Crippen molar-refractivity contribution in [2.45, 2.75) is 33.6 Å². The van der Waals surface area contributed by atoms with Crippen LogP contribution in [0.1, 0.15) is 33.6 Å². The first-order valence-electron chi connectivity index (χ1n) is 5.53. The highest BCUT2D eigenvalue weighted by atomic mass is 16.1. The molecule has 1 amide bonds. The van der Waals surface area contributed by atoms with Gasteiger partial charge in [-0.15, -0.1) is 0 Å². The summed E-state index contributed by atoms with van der Waals surface area (Å²) in [5, 5.41) is 6.12. The first-order chi connectivity index (χ1) is 6.56. The summed E-state index contributed by atoms with van der Waals surface area (Å²) in [5.74, 6) is 0.965. The van der Waals surface area contributed by atoms with Gasteiger partial charge in [0.25, 0.3) is 0 Å². The van der Waals surface area contributed by atoms with Crippen molar-refractivity contribution in [2.24, 2.45) is 11.3 Å². The maximum Gasteiger partial charge on any atom is 0.221 e. The maximum atomic E-state index is 11.1. The summed E-state index contributed by atoms with van der Waals surface area (Å²) < 4.78 is 0. The molecule has 1 aliphatic rings. The van der Waals surface area contributed by atoms with Crippen molar-refractivity contribution in [1.82, 2.24) is 10.6 Å². The lowest BCUT2D eigenvalue weighted by Gasteiger charge is -2.06. The molecule has 82 valence electrons. The zero-order valence-electron chi connectivity index (χ0n) is 9.52. The van der Waals surface area contributed by atoms with Gasteiger partial charge >= 0.3 is 0 Å². The molecular formula is C11H22N2O. The maximum absolute atomic E-state index is 11.1. The number of carbonyl (C=O) groups is 1. The minimum Gasteiger partial charge on any atom is -0.356 e. The zero-order chi connectivity index (χ0) is 10.6. The standard InChI is InChI=1S/C11H22N2O/c1-4-13-10(14)5-6-12-8-9-7-11(9,2)3/h9,12H,4-8H2,1-3H3,(H,13,14). The van der Waals surface area contributed by atoms with E-state index in [1.165, 1.54) is 6.42 Å². The Morgan fingerprint density at radius 1 is 1.50 bits per heavy atom. The van der Waals surface area contributed by atoms with Gasteiger partial charge in [-0.2, -0.15) is 0 Å². The van der Waals surface area contributed by atoms with Crippen molar-refractivity contribution in [3.05, 3.63) is 0 Å². The van der Waals surface area contributed by atoms with Crippen molar-refractivity contribution >= 4 is 5.91 Å². The van der Waals surface area contributed by atoms with Crippen LogP contribution in [0.3, 0.4) is 0 Å². The van der Waals surface area contributed by atoms with Gasteiger partial charge in [-0.1, -0.05) is 13.8 Å². The predicted molar refractivity (Wildman–Crippen MR) is 58.1 cm³/mol. The monoisotopic (exact) mass is 198 g/mol. The zero-order valence-corrected chi connectivity index (χ0v) is 9.52. The fraction of sp³-hybridized carbons (Fsp3) is 0.909. The summed E-state index contributed by atoms with van der Waals surface area (Å²) in [4.78, 5) is 11.1. The number of hydrogen-bond donors (Lipinski definition) is 2. The second kappa shape index (κ2) is 4.78. The van der Waals surface area contributed by atoms with Gasteiger partial charge in [0.05, 0.1) is 0 Å². The molecule has 14 heavy (non-hydrogen) atoms. The molecule has 0 radical (unpaired) electrons. The molecule has 0 aromatic rings. The summed E-state index contributed by atoms with van der Waals surface area (Å²) in [7, 11) is 0. The molecule has 0 heterocycles. The van der Waals surface area contributed by atoms with Crippen LogP contribution in [0.5, 0.6) is 0 Å². The number of carbonyl (C=O) groups excluding carboxylic acids is 1. The third-order valence-electron chi connectivity index (χ3n) is 3.01. The number of nitrogens with one attached hydrogen (secondary N) is 2. The van der Waals surface area contributed by atoms with Gasteiger partial charge < -0.3 is 10.6 Å². The van der Waals surface area contributed by atoms with Crippen LogP contribution in [0.2, 0.25) is 0 Å². The molecule has 0 aliphatic heterocycles. The van der Waals surface area contributed by atoms with Crippen LogP contribution in [0.4, 0.5) is 0 Å². The van der Waals surface area contributed by atoms with Gasteiger partial charge in [0.2, 0.25) is 5.91 Å². The fourth-order valence-electron chi connectivity index (χ4n) is 1.69. The third kappa shape index (κ3) is 3.66. The van der Waals surface area contributed by atoms with E-state index in [4.69, 9.17) is 0 Å². The Bertz CT molecular complexity index is 201. The summed E-state index contributed by atoms with van der Waals surface area (Å²) in [6, 6.07) is 0. The highest BCUT2D eigenvalue weighted by Gasteiger charge is 2.44. The van der Waals surface area contributed by atoms with Crippen molar-refractivity contribution in [2.75, 3.05) is 19.6 Å². The molecule has 0 spiro atoms. The van der Waals surface area contributed by atoms with E-state index in [1.54, 1.807) is 0 Å². The molecular weight excluding hydrogens is 176 g/mol. The van der Waals surface area contributed by atoms with Gasteiger partial charge in [-0.05, 0) is 31.2 Å². The molecule has 1 saturated carbocycles. The number of hydrogen-bond acceptors (Lipinski definition) is 2. The Labute approximate surface area is 86.6 Å². The molecule has 1 rings (SSSR count). The molecule has 1 atom stereocenters. The lowest BCUT2D eigenvalue weighted by molar-refractivity contribution is -0.120. The highest BCUT2D eigenvalue weighted by Crippen LogP contribution is 2.50. The summed E-state index contributed by atoms with van der Waals surface area (Å²) in [6.45, 7) is 9.13. The van der Waals surface area contributed by atoms with Crippen LogP contribution < -0.4 is 10.6 Å². The summed E-state index contributed by atoms with van der Waals surface area (Å²) in [5.41, 5.74) is 0.540. The van der Waals surface area contributed by atoms with Crippen LogP contribution in [-0.4, -0.2) is 25.5 Å². The first kappa shape index (κ1) is 11.5. The Kier molecular flexibility index (Phi) is 3.93. The molecule has 0 bridgehead atoms. The van der Waals surface area contributed by atoms with E-state index >= 15 is 0 Å². The molecule has 3 nitrogen and oxygen atoms in total. The second-order valence-corrected chi connectivity index (χ2v) is 4.80. The smallest absolute Gasteiger partial charge is 0.221 e. The summed E-state index contributed by atoms with van der Waals surface area (Å²) >= 11 is 0. The minimum absolute atomic E-state index is 0.148. The van der Waals surface area contributed by atoms with Crippen molar-refractivity contribution in [3.8, 4) is 0 Å². The Morgan fingerprint density at radius 2 is 2.14 bits per heavy atom. The van der Waals surface area contributed by atoms with Gasteiger partial charge in [0, 0.05) is 19.5 Å². The molecule has 3 heteroatoms. The summed E-state index contributed by atoms with van der Waals surface area (Å²) in [6.07, 6.45) is 1.92. The quantitative estimate of drug-likeness (QED) is 0.629. The van der Waals surface area contributed by atoms with E-state index in [1.807, 2.05) is 6.92 Å². The molecule has 2 N–H and O–H groups in total. The Morgan fingerprint density at radius 3 is 2.64 bits per heavy atom. The third-order valence-corrected chi connectivity index (χ3v) is 3.01. The van der Waals surface area contributed by atoms with E-state index in [9.17, 15) is 4.79 Å². The largest absolute Gasteiger partial charge is 0.356 e. The van der Waals surface area contributed by atoms with Crippen molar-refractivity contribution in [1.29, 1.82) is 0 Å². The second-order valence-electron chi connectivity index (χ2n) is 4.80. The lowest BCUT2D eigenvalue weighted by Crippen LogP contribution is -2.28. The minimum atomic E-state index is 0.148. The molecule has 1 aliphatic carbocycles. The van der Waals surface area contributed by atoms with Crippen LogP contribution in [0, 0.1) is 11.3 Å². The van der Waals surface area contributed by atoms with Crippen LogP contribution >= 0.6 is 0 Å². The van der Waals surface area contributed by atoms with Gasteiger partial charge in [0.1, 0.15) is 0 Å². The molecule has 1 fully saturated rings. The molecule has 0 aromatic heterocycles. The molecule has 0 aromatic carbocycles. The lowest BCUT2D eigenvalue weighted by atomic mass is 10.1. The average Bonchev–Trinajstić information content (AvgIpc) is 2.69. The highest BCUT2D eigenvalue weighted by molar-refractivity contribution is 5.75. The van der Waals surface area contributed by atoms with Crippen LogP contribution in [0.25, 0.3) is 0 Å². The number of amides is 1. The van der Waals surface area contributed by atoms with Crippen molar-refractivity contribution < 1.29 is 4.79 Å². The van der Waals surface area contributed by atoms with E-state index in [2.05, 4.69) is 24.5 Å². The number of rotatable bonds is 6. The van der Waals surface area contributed by atoms with Gasteiger partial charge in [0.15, 0.2) is 0 Å². The Hall–Kier alpha value is -0.570. The average molecular weight is 198 g/mol. The van der Waals surface area contributed by atoms with Gasteiger partial charge in [-0.25, -0.2) is 0 Å². The van der Waals surface area contributed by atoms with Gasteiger partial charge in [-0.3, -0.25) is 4.79 Å². The Balaban J connectivity index is 1.93. The SMILES string of the molecule is CCNC(=O)CCNCC1CC1(C)C. The van der Waals surface area contributed by atoms with Crippen LogP contribution in [-0.2, 0) is 4.79 Å². The normalized spacial score (nSPS) is 23.2. The van der Waals surface area contributed by atoms with E-state index in [0.29, 0.717) is 11.8 Å². The first-order valence-corrected chi connectivity index (χ1v) is 5.53. The van der Waals surface area contributed by atoms with E-state index < -0.39 is 0 Å². The van der Waals surface area contributed by atoms with Crippen LogP contribution in [0.15, 0.2) is 0 Å². The van der Waals surface area contributed by atoms with E-state index in [0.717, 1.165) is 25.6 Å². The van der Waals surface area contributed by atoms with E-state index in [-0.39, 0.29) is 5.91 Å².